The molecule has 0 bridgehead atoms. The minimum atomic E-state index is -0.479. The second-order valence-electron chi connectivity index (χ2n) is 2.69. The molecule has 1 rings (SSSR count). The third-order valence-electron chi connectivity index (χ3n) is 1.67. The molecule has 0 fully saturated rings. The summed E-state index contributed by atoms with van der Waals surface area (Å²) in [6.07, 6.45) is -0.479. The average molecular weight is 180 g/mol. The van der Waals surface area contributed by atoms with Gasteiger partial charge in [0, 0.05) is 11.4 Å². The number of hydrogen-bond donors (Lipinski definition) is 2. The highest BCUT2D eigenvalue weighted by Gasteiger charge is 2.02. The van der Waals surface area contributed by atoms with E-state index >= 15 is 0 Å². The first kappa shape index (κ1) is 9.38. The van der Waals surface area contributed by atoms with Crippen molar-refractivity contribution in [2.75, 3.05) is 18.2 Å². The van der Waals surface area contributed by atoms with Gasteiger partial charge in [-0.2, -0.15) is 0 Å². The monoisotopic (exact) mass is 180 g/mol. The van der Waals surface area contributed by atoms with E-state index in [1.54, 1.807) is 18.2 Å². The molecule has 0 heterocycles. The molecule has 0 saturated heterocycles. The standard InChI is InChI=1S/C9H12N2O2/c1-6-5-7(10)3-4-8(6)11-9(12)13-2/h3-5H,10H2,1-2H3,(H,11,12). The molecule has 4 nitrogen and oxygen atoms in total. The first-order chi connectivity index (χ1) is 6.13. The Balaban J connectivity index is 2.83. The molecule has 0 radical (unpaired) electrons. The summed E-state index contributed by atoms with van der Waals surface area (Å²) in [6, 6.07) is 5.24. The van der Waals surface area contributed by atoms with Gasteiger partial charge in [-0.05, 0) is 30.7 Å². The zero-order valence-electron chi connectivity index (χ0n) is 7.63. The topological polar surface area (TPSA) is 64.3 Å². The van der Waals surface area contributed by atoms with Crippen molar-refractivity contribution in [3.63, 3.8) is 0 Å². The van der Waals surface area contributed by atoms with Gasteiger partial charge in [0.05, 0.1) is 7.11 Å². The number of hydrogen-bond acceptors (Lipinski definition) is 3. The van der Waals surface area contributed by atoms with E-state index in [4.69, 9.17) is 5.73 Å². The molecular weight excluding hydrogens is 168 g/mol. The number of nitrogen functional groups attached to an aromatic ring is 1. The van der Waals surface area contributed by atoms with Crippen LogP contribution in [0.4, 0.5) is 16.2 Å². The molecule has 0 saturated carbocycles. The number of nitrogens with two attached hydrogens (primary N) is 1. The molecule has 70 valence electrons. The van der Waals surface area contributed by atoms with Gasteiger partial charge in [-0.1, -0.05) is 0 Å². The number of ether oxygens (including phenoxy) is 1. The van der Waals surface area contributed by atoms with Crippen molar-refractivity contribution in [2.45, 2.75) is 6.92 Å². The van der Waals surface area contributed by atoms with Gasteiger partial charge in [-0.25, -0.2) is 4.79 Å². The molecule has 0 unspecified atom stereocenters. The summed E-state index contributed by atoms with van der Waals surface area (Å²) in [5, 5.41) is 2.57. The highest BCUT2D eigenvalue weighted by molar-refractivity contribution is 5.85. The van der Waals surface area contributed by atoms with Gasteiger partial charge in [0.2, 0.25) is 0 Å². The summed E-state index contributed by atoms with van der Waals surface area (Å²) < 4.78 is 4.46. The molecule has 0 aliphatic heterocycles. The van der Waals surface area contributed by atoms with E-state index in [9.17, 15) is 4.79 Å². The highest BCUT2D eigenvalue weighted by Crippen LogP contribution is 2.17. The molecule has 3 N–H and O–H groups in total. The number of carbonyl (C=O) groups excluding carboxylic acids is 1. The van der Waals surface area contributed by atoms with Crippen LogP contribution in [0.1, 0.15) is 5.56 Å². The Bertz CT molecular complexity index is 323. The molecule has 1 aromatic carbocycles. The normalized spacial score (nSPS) is 9.38. The van der Waals surface area contributed by atoms with E-state index in [0.717, 1.165) is 5.56 Å². The van der Waals surface area contributed by atoms with E-state index in [1.807, 2.05) is 6.92 Å². The third-order valence-corrected chi connectivity index (χ3v) is 1.67. The zero-order valence-corrected chi connectivity index (χ0v) is 7.63. The quantitative estimate of drug-likeness (QED) is 0.647. The molecule has 13 heavy (non-hydrogen) atoms. The maximum absolute atomic E-state index is 10.9. The smallest absolute Gasteiger partial charge is 0.411 e. The van der Waals surface area contributed by atoms with Crippen molar-refractivity contribution in [3.05, 3.63) is 23.8 Å². The molecule has 0 atom stereocenters. The second kappa shape index (κ2) is 3.80. The fourth-order valence-electron chi connectivity index (χ4n) is 0.988. The van der Waals surface area contributed by atoms with Crippen LogP contribution in [0.25, 0.3) is 0 Å². The van der Waals surface area contributed by atoms with E-state index in [1.165, 1.54) is 7.11 Å². The van der Waals surface area contributed by atoms with Gasteiger partial charge in [0.15, 0.2) is 0 Å². The van der Waals surface area contributed by atoms with Gasteiger partial charge in [0.1, 0.15) is 0 Å². The summed E-state index contributed by atoms with van der Waals surface area (Å²) >= 11 is 0. The molecular formula is C9H12N2O2. The van der Waals surface area contributed by atoms with Crippen molar-refractivity contribution in [1.29, 1.82) is 0 Å². The number of anilines is 2. The minimum absolute atomic E-state index is 0.479. The molecule has 0 aliphatic carbocycles. The molecule has 1 amide bonds. The van der Waals surface area contributed by atoms with E-state index in [-0.39, 0.29) is 0 Å². The number of rotatable bonds is 1. The second-order valence-corrected chi connectivity index (χ2v) is 2.69. The largest absolute Gasteiger partial charge is 0.453 e. The number of benzene rings is 1. The number of nitrogens with one attached hydrogen (secondary N) is 1. The first-order valence-electron chi connectivity index (χ1n) is 3.84. The van der Waals surface area contributed by atoms with Gasteiger partial charge in [-0.3, -0.25) is 5.32 Å². The van der Waals surface area contributed by atoms with Gasteiger partial charge >= 0.3 is 6.09 Å². The SMILES string of the molecule is COC(=O)Nc1ccc(N)cc1C. The Morgan fingerprint density at radius 2 is 2.23 bits per heavy atom. The Kier molecular flexibility index (Phi) is 2.74. The fraction of sp³-hybridized carbons (Fsp3) is 0.222. The van der Waals surface area contributed by atoms with Crippen LogP contribution < -0.4 is 11.1 Å². The van der Waals surface area contributed by atoms with Crippen LogP contribution in [0, 0.1) is 6.92 Å². The summed E-state index contributed by atoms with van der Waals surface area (Å²) in [5.74, 6) is 0. The lowest BCUT2D eigenvalue weighted by atomic mass is 10.2. The van der Waals surface area contributed by atoms with Crippen molar-refractivity contribution in [1.82, 2.24) is 0 Å². The van der Waals surface area contributed by atoms with Crippen LogP contribution in [-0.4, -0.2) is 13.2 Å². The number of amides is 1. The lowest BCUT2D eigenvalue weighted by Crippen LogP contribution is -2.11. The molecule has 1 aromatic rings. The maximum Gasteiger partial charge on any atom is 0.411 e. The average Bonchev–Trinajstić information content (AvgIpc) is 2.09. The lowest BCUT2D eigenvalue weighted by molar-refractivity contribution is 0.187. The zero-order chi connectivity index (χ0) is 9.84. The number of carbonyl (C=O) groups is 1. The lowest BCUT2D eigenvalue weighted by Gasteiger charge is -2.07. The van der Waals surface area contributed by atoms with Gasteiger partial charge in [0.25, 0.3) is 0 Å². The van der Waals surface area contributed by atoms with Crippen LogP contribution in [0.5, 0.6) is 0 Å². The van der Waals surface area contributed by atoms with Gasteiger partial charge in [-0.15, -0.1) is 0 Å². The summed E-state index contributed by atoms with van der Waals surface area (Å²) in [5.41, 5.74) is 7.84. The van der Waals surface area contributed by atoms with Crippen LogP contribution in [-0.2, 0) is 4.74 Å². The van der Waals surface area contributed by atoms with Gasteiger partial charge < -0.3 is 10.5 Å². The fourth-order valence-corrected chi connectivity index (χ4v) is 0.988. The number of aryl methyl sites for hydroxylation is 1. The van der Waals surface area contributed by atoms with Crippen molar-refractivity contribution in [3.8, 4) is 0 Å². The Morgan fingerprint density at radius 3 is 2.77 bits per heavy atom. The number of methoxy groups -OCH3 is 1. The van der Waals surface area contributed by atoms with E-state index < -0.39 is 6.09 Å². The Labute approximate surface area is 76.7 Å². The predicted molar refractivity (Wildman–Crippen MR) is 51.6 cm³/mol. The summed E-state index contributed by atoms with van der Waals surface area (Å²) in [6.45, 7) is 1.86. The minimum Gasteiger partial charge on any atom is -0.453 e. The first-order valence-corrected chi connectivity index (χ1v) is 3.84. The van der Waals surface area contributed by atoms with Crippen LogP contribution in [0.15, 0.2) is 18.2 Å². The van der Waals surface area contributed by atoms with Crippen molar-refractivity contribution < 1.29 is 9.53 Å². The van der Waals surface area contributed by atoms with Crippen molar-refractivity contribution in [2.24, 2.45) is 0 Å². The summed E-state index contributed by atoms with van der Waals surface area (Å²) in [4.78, 5) is 10.9. The molecule has 0 aliphatic rings. The predicted octanol–water partition coefficient (Wildman–Crippen LogP) is 1.76. The molecule has 0 aromatic heterocycles. The Hall–Kier alpha value is -1.71. The van der Waals surface area contributed by atoms with Crippen LogP contribution >= 0.6 is 0 Å². The summed E-state index contributed by atoms with van der Waals surface area (Å²) in [7, 11) is 1.32. The van der Waals surface area contributed by atoms with Crippen molar-refractivity contribution >= 4 is 17.5 Å². The molecule has 4 heteroatoms. The molecule has 0 spiro atoms. The van der Waals surface area contributed by atoms with Crippen LogP contribution in [0.2, 0.25) is 0 Å². The van der Waals surface area contributed by atoms with Crippen LogP contribution in [0.3, 0.4) is 0 Å². The maximum atomic E-state index is 10.9. The third kappa shape index (κ3) is 2.37. The highest BCUT2D eigenvalue weighted by atomic mass is 16.5. The Morgan fingerprint density at radius 1 is 1.54 bits per heavy atom. The van der Waals surface area contributed by atoms with E-state index in [0.29, 0.717) is 11.4 Å². The van der Waals surface area contributed by atoms with E-state index in [2.05, 4.69) is 10.1 Å².